The summed E-state index contributed by atoms with van der Waals surface area (Å²) in [5.74, 6) is -1.48. The van der Waals surface area contributed by atoms with Crippen molar-refractivity contribution in [3.63, 3.8) is 0 Å². The van der Waals surface area contributed by atoms with Gasteiger partial charge in [0.2, 0.25) is 5.91 Å². The van der Waals surface area contributed by atoms with Crippen LogP contribution in [0.3, 0.4) is 0 Å². The summed E-state index contributed by atoms with van der Waals surface area (Å²) >= 11 is 0. The van der Waals surface area contributed by atoms with Crippen molar-refractivity contribution in [1.82, 2.24) is 10.2 Å². The van der Waals surface area contributed by atoms with Gasteiger partial charge in [0, 0.05) is 18.9 Å². The molecule has 158 valence electrons. The van der Waals surface area contributed by atoms with E-state index in [2.05, 4.69) is 23.5 Å². The average molecular weight is 405 g/mol. The molecule has 0 spiro atoms. The van der Waals surface area contributed by atoms with Crippen LogP contribution >= 0.6 is 0 Å². The second-order valence-electron chi connectivity index (χ2n) is 8.60. The van der Waals surface area contributed by atoms with Crippen molar-refractivity contribution in [3.05, 3.63) is 35.9 Å². The number of hydrogen-bond acceptors (Lipinski definition) is 3. The highest BCUT2D eigenvalue weighted by Crippen LogP contribution is 2.34. The summed E-state index contributed by atoms with van der Waals surface area (Å²) in [5.41, 5.74) is 2.38. The summed E-state index contributed by atoms with van der Waals surface area (Å²) < 4.78 is 32.7. The first-order valence-electron chi connectivity index (χ1n) is 10.8. The number of hydrogen-bond donors (Lipinski definition) is 1. The van der Waals surface area contributed by atoms with Gasteiger partial charge in [-0.05, 0) is 74.4 Å². The molecule has 6 heteroatoms. The molecule has 4 rings (SSSR count). The van der Waals surface area contributed by atoms with E-state index in [1.807, 2.05) is 12.1 Å². The Morgan fingerprint density at radius 3 is 2.55 bits per heavy atom. The van der Waals surface area contributed by atoms with Gasteiger partial charge >= 0.3 is 0 Å². The normalized spacial score (nSPS) is 25.0. The molecule has 2 fully saturated rings. The second kappa shape index (κ2) is 8.82. The number of alkyl halides is 2. The average Bonchev–Trinajstić information content (AvgIpc) is 3.13. The third kappa shape index (κ3) is 5.16. The van der Waals surface area contributed by atoms with E-state index in [1.54, 1.807) is 0 Å². The quantitative estimate of drug-likeness (QED) is 0.803. The molecule has 1 N–H and O–H groups in total. The highest BCUT2D eigenvalue weighted by Gasteiger charge is 2.41. The van der Waals surface area contributed by atoms with Crippen LogP contribution in [0.1, 0.15) is 44.1 Å². The Morgan fingerprint density at radius 1 is 1.17 bits per heavy atom. The van der Waals surface area contributed by atoms with Crippen molar-refractivity contribution >= 4 is 11.5 Å². The number of nitrogens with one attached hydrogen (secondary N) is 1. The van der Waals surface area contributed by atoms with Gasteiger partial charge in [0.1, 0.15) is 5.75 Å². The molecular weight excluding hydrogens is 374 g/mol. The minimum atomic E-state index is -2.72. The molecule has 2 saturated heterocycles. The third-order valence-corrected chi connectivity index (χ3v) is 6.41. The van der Waals surface area contributed by atoms with Gasteiger partial charge in [-0.2, -0.15) is 0 Å². The molecule has 1 amide bonds. The standard InChI is InChI=1S/C23H30F2N2O2/c24-23(25)11-14-27(16-23)22(28)20-3-1-18(2-4-20)19-5-7-21(8-6-19)29-15-17-9-12-26-13-10-17/h1,5-8,17,20,26H,2-4,9-16H2. The first kappa shape index (κ1) is 20.3. The van der Waals surface area contributed by atoms with E-state index in [-0.39, 0.29) is 24.8 Å². The molecule has 3 aliphatic rings. The maximum atomic E-state index is 13.4. The summed E-state index contributed by atoms with van der Waals surface area (Å²) in [6, 6.07) is 8.18. The molecule has 0 aromatic heterocycles. The number of allylic oxidation sites excluding steroid dienone is 2. The van der Waals surface area contributed by atoms with Crippen molar-refractivity contribution in [2.45, 2.75) is 44.4 Å². The van der Waals surface area contributed by atoms with Crippen LogP contribution in [-0.2, 0) is 4.79 Å². The number of nitrogens with zero attached hydrogens (tertiary/aromatic N) is 1. The SMILES string of the molecule is O=C(C1CC=C(c2ccc(OCC3CCNCC3)cc2)CC1)N1CCC(F)(F)C1. The lowest BCUT2D eigenvalue weighted by molar-refractivity contribution is -0.136. The Hall–Kier alpha value is -1.95. The number of rotatable bonds is 5. The molecule has 1 aromatic carbocycles. The van der Waals surface area contributed by atoms with Crippen molar-refractivity contribution in [2.24, 2.45) is 11.8 Å². The molecule has 0 radical (unpaired) electrons. The minimum absolute atomic E-state index is 0.112. The van der Waals surface area contributed by atoms with E-state index in [1.165, 1.54) is 23.3 Å². The summed E-state index contributed by atoms with van der Waals surface area (Å²) in [4.78, 5) is 13.9. The third-order valence-electron chi connectivity index (χ3n) is 6.41. The Balaban J connectivity index is 1.28. The van der Waals surface area contributed by atoms with Crippen molar-refractivity contribution in [3.8, 4) is 5.75 Å². The lowest BCUT2D eigenvalue weighted by Gasteiger charge is -2.26. The summed E-state index contributed by atoms with van der Waals surface area (Å²) in [6.07, 6.45) is 6.38. The van der Waals surface area contributed by atoms with Gasteiger partial charge in [0.25, 0.3) is 5.92 Å². The van der Waals surface area contributed by atoms with Crippen LogP contribution in [0.5, 0.6) is 5.75 Å². The van der Waals surface area contributed by atoms with Crippen LogP contribution in [0.25, 0.3) is 5.57 Å². The van der Waals surface area contributed by atoms with Crippen molar-refractivity contribution in [2.75, 3.05) is 32.8 Å². The Labute approximate surface area is 171 Å². The fourth-order valence-electron chi connectivity index (χ4n) is 4.53. The van der Waals surface area contributed by atoms with Gasteiger partial charge in [0.05, 0.1) is 13.2 Å². The molecule has 29 heavy (non-hydrogen) atoms. The zero-order valence-electron chi connectivity index (χ0n) is 16.8. The largest absolute Gasteiger partial charge is 0.493 e. The Kier molecular flexibility index (Phi) is 6.18. The maximum Gasteiger partial charge on any atom is 0.267 e. The number of carbonyl (C=O) groups excluding carboxylic acids is 1. The van der Waals surface area contributed by atoms with Crippen LogP contribution in [0.2, 0.25) is 0 Å². The van der Waals surface area contributed by atoms with Gasteiger partial charge in [-0.15, -0.1) is 0 Å². The van der Waals surface area contributed by atoms with Gasteiger partial charge < -0.3 is 15.0 Å². The first-order chi connectivity index (χ1) is 14.0. The van der Waals surface area contributed by atoms with E-state index >= 15 is 0 Å². The number of amides is 1. The van der Waals surface area contributed by atoms with Crippen LogP contribution in [0.4, 0.5) is 8.78 Å². The lowest BCUT2D eigenvalue weighted by Crippen LogP contribution is -2.36. The molecule has 0 bridgehead atoms. The molecule has 2 aliphatic heterocycles. The molecular formula is C23H30F2N2O2. The first-order valence-corrected chi connectivity index (χ1v) is 10.8. The second-order valence-corrected chi connectivity index (χ2v) is 8.60. The number of carbonyl (C=O) groups is 1. The predicted molar refractivity (Wildman–Crippen MR) is 109 cm³/mol. The summed E-state index contributed by atoms with van der Waals surface area (Å²) in [7, 11) is 0. The molecule has 1 unspecified atom stereocenters. The smallest absolute Gasteiger partial charge is 0.267 e. The van der Waals surface area contributed by atoms with E-state index in [4.69, 9.17) is 4.74 Å². The highest BCUT2D eigenvalue weighted by atomic mass is 19.3. The van der Waals surface area contributed by atoms with Gasteiger partial charge in [-0.3, -0.25) is 4.79 Å². The number of benzene rings is 1. The monoisotopic (exact) mass is 404 g/mol. The van der Waals surface area contributed by atoms with Crippen LogP contribution in [0, 0.1) is 11.8 Å². The zero-order valence-corrected chi connectivity index (χ0v) is 16.8. The van der Waals surface area contributed by atoms with Crippen LogP contribution in [0.15, 0.2) is 30.3 Å². The number of piperidine rings is 1. The van der Waals surface area contributed by atoms with Crippen LogP contribution < -0.4 is 10.1 Å². The molecule has 1 atom stereocenters. The topological polar surface area (TPSA) is 41.6 Å². The molecule has 1 aromatic rings. The zero-order chi connectivity index (χ0) is 20.3. The summed E-state index contributed by atoms with van der Waals surface area (Å²) in [6.45, 7) is 2.67. The Bertz CT molecular complexity index is 742. The molecule has 1 aliphatic carbocycles. The van der Waals surface area contributed by atoms with Crippen molar-refractivity contribution < 1.29 is 18.3 Å². The predicted octanol–water partition coefficient (Wildman–Crippen LogP) is 4.12. The fraction of sp³-hybridized carbons (Fsp3) is 0.609. The van der Waals surface area contributed by atoms with Crippen molar-refractivity contribution in [1.29, 1.82) is 0 Å². The van der Waals surface area contributed by atoms with E-state index in [9.17, 15) is 13.6 Å². The van der Waals surface area contributed by atoms with E-state index < -0.39 is 12.5 Å². The minimum Gasteiger partial charge on any atom is -0.493 e. The van der Waals surface area contributed by atoms with Gasteiger partial charge in [0.15, 0.2) is 0 Å². The molecule has 2 heterocycles. The number of ether oxygens (including phenoxy) is 1. The van der Waals surface area contributed by atoms with Gasteiger partial charge in [-0.25, -0.2) is 8.78 Å². The van der Waals surface area contributed by atoms with E-state index in [0.717, 1.165) is 43.9 Å². The van der Waals surface area contributed by atoms with Gasteiger partial charge in [-0.1, -0.05) is 18.2 Å². The lowest BCUT2D eigenvalue weighted by atomic mass is 9.86. The maximum absolute atomic E-state index is 13.4. The summed E-state index contributed by atoms with van der Waals surface area (Å²) in [5, 5.41) is 3.37. The number of halogens is 2. The highest BCUT2D eigenvalue weighted by molar-refractivity contribution is 5.81. The fourth-order valence-corrected chi connectivity index (χ4v) is 4.53. The molecule has 4 nitrogen and oxygen atoms in total. The van der Waals surface area contributed by atoms with Crippen LogP contribution in [-0.4, -0.2) is 49.5 Å². The van der Waals surface area contributed by atoms with E-state index in [0.29, 0.717) is 12.3 Å². The Morgan fingerprint density at radius 2 is 1.93 bits per heavy atom. The molecule has 0 saturated carbocycles. The number of likely N-dealkylation sites (tertiary alicyclic amines) is 1.